The largest absolute Gasteiger partial charge is 0.490 e. The van der Waals surface area contributed by atoms with Crippen LogP contribution in [0.1, 0.15) is 29.8 Å². The van der Waals surface area contributed by atoms with E-state index in [0.717, 1.165) is 34.3 Å². The highest BCUT2D eigenvalue weighted by Crippen LogP contribution is 2.28. The fourth-order valence-electron chi connectivity index (χ4n) is 3.09. The molecule has 0 saturated carbocycles. The SMILES string of the molecule is CCOc1ccc(CCNC(=O)c2cccc3ccccc23)cc1OCC. The summed E-state index contributed by atoms with van der Waals surface area (Å²) >= 11 is 0. The van der Waals surface area contributed by atoms with Gasteiger partial charge in [-0.25, -0.2) is 0 Å². The van der Waals surface area contributed by atoms with Crippen molar-refractivity contribution in [1.82, 2.24) is 5.32 Å². The van der Waals surface area contributed by atoms with E-state index in [0.29, 0.717) is 25.3 Å². The van der Waals surface area contributed by atoms with Crippen LogP contribution < -0.4 is 14.8 Å². The van der Waals surface area contributed by atoms with Crippen molar-refractivity contribution in [3.63, 3.8) is 0 Å². The Hall–Kier alpha value is -3.01. The Morgan fingerprint density at radius 2 is 1.63 bits per heavy atom. The van der Waals surface area contributed by atoms with Gasteiger partial charge in [0.2, 0.25) is 0 Å². The average Bonchev–Trinajstić information content (AvgIpc) is 2.69. The molecule has 0 aliphatic heterocycles. The van der Waals surface area contributed by atoms with Gasteiger partial charge in [-0.05, 0) is 54.8 Å². The van der Waals surface area contributed by atoms with E-state index in [9.17, 15) is 4.79 Å². The minimum Gasteiger partial charge on any atom is -0.490 e. The maximum Gasteiger partial charge on any atom is 0.251 e. The van der Waals surface area contributed by atoms with Crippen LogP contribution in [0.2, 0.25) is 0 Å². The lowest BCUT2D eigenvalue weighted by Crippen LogP contribution is -2.25. The summed E-state index contributed by atoms with van der Waals surface area (Å²) < 4.78 is 11.3. The number of nitrogens with one attached hydrogen (secondary N) is 1. The van der Waals surface area contributed by atoms with Gasteiger partial charge in [0.15, 0.2) is 11.5 Å². The van der Waals surface area contributed by atoms with Crippen molar-refractivity contribution in [1.29, 1.82) is 0 Å². The number of fused-ring (bicyclic) bond motifs is 1. The average molecular weight is 363 g/mol. The van der Waals surface area contributed by atoms with Gasteiger partial charge < -0.3 is 14.8 Å². The molecule has 0 aliphatic rings. The molecule has 0 spiro atoms. The van der Waals surface area contributed by atoms with E-state index in [4.69, 9.17) is 9.47 Å². The van der Waals surface area contributed by atoms with Gasteiger partial charge in [-0.1, -0.05) is 42.5 Å². The van der Waals surface area contributed by atoms with Crippen molar-refractivity contribution in [2.45, 2.75) is 20.3 Å². The van der Waals surface area contributed by atoms with Crippen molar-refractivity contribution in [3.8, 4) is 11.5 Å². The van der Waals surface area contributed by atoms with Crippen LogP contribution in [0.25, 0.3) is 10.8 Å². The van der Waals surface area contributed by atoms with Gasteiger partial charge in [-0.3, -0.25) is 4.79 Å². The molecule has 1 amide bonds. The second-order valence-corrected chi connectivity index (χ2v) is 6.18. The first-order chi connectivity index (χ1) is 13.2. The maximum absolute atomic E-state index is 12.6. The molecule has 3 rings (SSSR count). The Balaban J connectivity index is 1.65. The molecule has 0 aliphatic carbocycles. The fourth-order valence-corrected chi connectivity index (χ4v) is 3.09. The van der Waals surface area contributed by atoms with Gasteiger partial charge in [0, 0.05) is 12.1 Å². The first kappa shape index (κ1) is 18.8. The zero-order chi connectivity index (χ0) is 19.1. The van der Waals surface area contributed by atoms with Crippen LogP contribution in [0.15, 0.2) is 60.7 Å². The summed E-state index contributed by atoms with van der Waals surface area (Å²) in [6.07, 6.45) is 0.725. The summed E-state index contributed by atoms with van der Waals surface area (Å²) in [5, 5.41) is 5.06. The molecule has 3 aromatic carbocycles. The van der Waals surface area contributed by atoms with Crippen molar-refractivity contribution < 1.29 is 14.3 Å². The molecule has 0 atom stereocenters. The summed E-state index contributed by atoms with van der Waals surface area (Å²) in [5.74, 6) is 1.45. The van der Waals surface area contributed by atoms with Crippen molar-refractivity contribution >= 4 is 16.7 Å². The number of ether oxygens (including phenoxy) is 2. The van der Waals surface area contributed by atoms with Gasteiger partial charge in [0.1, 0.15) is 0 Å². The molecule has 0 unspecified atom stereocenters. The number of hydrogen-bond acceptors (Lipinski definition) is 3. The Kier molecular flexibility index (Phi) is 6.31. The first-order valence-corrected chi connectivity index (χ1v) is 9.37. The van der Waals surface area contributed by atoms with Crippen molar-refractivity contribution in [2.24, 2.45) is 0 Å². The highest BCUT2D eigenvalue weighted by Gasteiger charge is 2.10. The van der Waals surface area contributed by atoms with E-state index < -0.39 is 0 Å². The summed E-state index contributed by atoms with van der Waals surface area (Å²) in [4.78, 5) is 12.6. The van der Waals surface area contributed by atoms with Gasteiger partial charge in [-0.2, -0.15) is 0 Å². The van der Waals surface area contributed by atoms with E-state index >= 15 is 0 Å². The maximum atomic E-state index is 12.6. The fraction of sp³-hybridized carbons (Fsp3) is 0.261. The smallest absolute Gasteiger partial charge is 0.251 e. The minimum absolute atomic E-state index is 0.0530. The molecule has 0 aromatic heterocycles. The van der Waals surface area contributed by atoms with E-state index in [2.05, 4.69) is 5.32 Å². The van der Waals surface area contributed by atoms with Crippen LogP contribution in [0, 0.1) is 0 Å². The Bertz CT molecular complexity index is 915. The van der Waals surface area contributed by atoms with Crippen molar-refractivity contribution in [2.75, 3.05) is 19.8 Å². The van der Waals surface area contributed by atoms with Crippen LogP contribution in [-0.2, 0) is 6.42 Å². The number of benzene rings is 3. The molecule has 1 N–H and O–H groups in total. The predicted molar refractivity (Wildman–Crippen MR) is 109 cm³/mol. The zero-order valence-electron chi connectivity index (χ0n) is 15.8. The summed E-state index contributed by atoms with van der Waals surface area (Å²) in [6, 6.07) is 19.6. The van der Waals surface area contributed by atoms with Gasteiger partial charge in [-0.15, -0.1) is 0 Å². The Labute approximate surface area is 160 Å². The predicted octanol–water partition coefficient (Wildman–Crippen LogP) is 4.61. The third kappa shape index (κ3) is 4.59. The Morgan fingerprint density at radius 3 is 2.44 bits per heavy atom. The van der Waals surface area contributed by atoms with E-state index in [1.807, 2.05) is 74.5 Å². The molecule has 0 heterocycles. The van der Waals surface area contributed by atoms with Crippen LogP contribution in [0.4, 0.5) is 0 Å². The lowest BCUT2D eigenvalue weighted by molar-refractivity contribution is 0.0956. The summed E-state index contributed by atoms with van der Waals surface area (Å²) in [5.41, 5.74) is 1.80. The summed E-state index contributed by atoms with van der Waals surface area (Å²) in [7, 11) is 0. The molecule has 0 fully saturated rings. The molecule has 4 nitrogen and oxygen atoms in total. The standard InChI is InChI=1S/C23H25NO3/c1-3-26-21-13-12-17(16-22(21)27-4-2)14-15-24-23(25)20-11-7-9-18-8-5-6-10-19(18)20/h5-13,16H,3-4,14-15H2,1-2H3,(H,24,25). The van der Waals surface area contributed by atoms with Crippen molar-refractivity contribution in [3.05, 3.63) is 71.8 Å². The lowest BCUT2D eigenvalue weighted by Gasteiger charge is -2.13. The highest BCUT2D eigenvalue weighted by atomic mass is 16.5. The minimum atomic E-state index is -0.0530. The second-order valence-electron chi connectivity index (χ2n) is 6.18. The number of rotatable bonds is 8. The highest BCUT2D eigenvalue weighted by molar-refractivity contribution is 6.06. The molecule has 4 heteroatoms. The number of carbonyl (C=O) groups excluding carboxylic acids is 1. The molecule has 27 heavy (non-hydrogen) atoms. The third-order valence-corrected chi connectivity index (χ3v) is 4.34. The topological polar surface area (TPSA) is 47.6 Å². The van der Waals surface area contributed by atoms with Gasteiger partial charge >= 0.3 is 0 Å². The van der Waals surface area contributed by atoms with E-state index in [-0.39, 0.29) is 5.91 Å². The molecule has 140 valence electrons. The number of hydrogen-bond donors (Lipinski definition) is 1. The van der Waals surface area contributed by atoms with E-state index in [1.165, 1.54) is 0 Å². The first-order valence-electron chi connectivity index (χ1n) is 9.37. The summed E-state index contributed by atoms with van der Waals surface area (Å²) in [6.45, 7) is 5.64. The quantitative estimate of drug-likeness (QED) is 0.636. The van der Waals surface area contributed by atoms with Gasteiger partial charge in [0.05, 0.1) is 13.2 Å². The lowest BCUT2D eigenvalue weighted by atomic mass is 10.0. The molecular formula is C23H25NO3. The molecular weight excluding hydrogens is 338 g/mol. The zero-order valence-corrected chi connectivity index (χ0v) is 15.8. The van der Waals surface area contributed by atoms with E-state index in [1.54, 1.807) is 0 Å². The van der Waals surface area contributed by atoms with Crippen LogP contribution in [0.5, 0.6) is 11.5 Å². The molecule has 0 bridgehead atoms. The second kappa shape index (κ2) is 9.08. The van der Waals surface area contributed by atoms with Crippen LogP contribution in [0.3, 0.4) is 0 Å². The molecule has 3 aromatic rings. The molecule has 0 radical (unpaired) electrons. The van der Waals surface area contributed by atoms with Crippen LogP contribution >= 0.6 is 0 Å². The van der Waals surface area contributed by atoms with Crippen LogP contribution in [-0.4, -0.2) is 25.7 Å². The monoisotopic (exact) mass is 363 g/mol. The third-order valence-electron chi connectivity index (χ3n) is 4.34. The molecule has 0 saturated heterocycles. The van der Waals surface area contributed by atoms with Gasteiger partial charge in [0.25, 0.3) is 5.91 Å². The number of amides is 1. The normalized spacial score (nSPS) is 10.6. The Morgan fingerprint density at radius 1 is 0.889 bits per heavy atom. The number of carbonyl (C=O) groups is 1.